The number of rotatable bonds is 5. The van der Waals surface area contributed by atoms with Crippen LogP contribution in [0.4, 0.5) is 0 Å². The molecule has 0 bridgehead atoms. The molecule has 0 radical (unpaired) electrons. The molecular weight excluding hydrogens is 226 g/mol. The highest BCUT2D eigenvalue weighted by Gasteiger charge is 2.24. The summed E-state index contributed by atoms with van der Waals surface area (Å²) in [7, 11) is 1.73. The normalized spacial score (nSPS) is 15.8. The highest BCUT2D eigenvalue weighted by molar-refractivity contribution is 5.41. The Hall–Kier alpha value is -1.13. The third-order valence-corrected chi connectivity index (χ3v) is 3.79. The van der Waals surface area contributed by atoms with Crippen molar-refractivity contribution in [2.24, 2.45) is 0 Å². The molecule has 0 aromatic carbocycles. The molecule has 1 N–H and O–H groups in total. The summed E-state index contributed by atoms with van der Waals surface area (Å²) in [6.45, 7) is 10.5. The molecule has 0 unspecified atom stereocenters. The second kappa shape index (κ2) is 5.67. The van der Waals surface area contributed by atoms with Crippen molar-refractivity contribution in [2.45, 2.75) is 33.4 Å². The number of nitrogens with zero attached hydrogens (tertiary/aromatic N) is 2. The van der Waals surface area contributed by atoms with Crippen molar-refractivity contribution < 1.29 is 4.74 Å². The van der Waals surface area contributed by atoms with E-state index in [0.717, 1.165) is 43.2 Å². The van der Waals surface area contributed by atoms with E-state index in [9.17, 15) is 0 Å². The number of aromatic nitrogens is 1. The van der Waals surface area contributed by atoms with Crippen LogP contribution >= 0.6 is 0 Å². The summed E-state index contributed by atoms with van der Waals surface area (Å²) in [6, 6.07) is 0.656. The number of methoxy groups -OCH3 is 1. The molecule has 0 spiro atoms. The lowest BCUT2D eigenvalue weighted by molar-refractivity contribution is 0.143. The predicted molar refractivity (Wildman–Crippen MR) is 73.0 cm³/mol. The molecule has 4 heteroatoms. The van der Waals surface area contributed by atoms with Gasteiger partial charge in [-0.25, -0.2) is 0 Å². The van der Waals surface area contributed by atoms with Crippen LogP contribution < -0.4 is 10.1 Å². The highest BCUT2D eigenvalue weighted by atomic mass is 16.5. The Morgan fingerprint density at radius 1 is 1.44 bits per heavy atom. The van der Waals surface area contributed by atoms with Gasteiger partial charge in [0.15, 0.2) is 0 Å². The van der Waals surface area contributed by atoms with E-state index in [1.165, 1.54) is 5.56 Å². The van der Waals surface area contributed by atoms with E-state index in [1.54, 1.807) is 7.11 Å². The molecule has 1 aromatic heterocycles. The molecule has 1 fully saturated rings. The van der Waals surface area contributed by atoms with Crippen LogP contribution in [0, 0.1) is 13.8 Å². The second-order valence-corrected chi connectivity index (χ2v) is 4.92. The predicted octanol–water partition coefficient (Wildman–Crippen LogP) is 1.50. The Kier molecular flexibility index (Phi) is 4.19. The summed E-state index contributed by atoms with van der Waals surface area (Å²) in [6.07, 6.45) is 1.91. The molecule has 18 heavy (non-hydrogen) atoms. The quantitative estimate of drug-likeness (QED) is 0.858. The molecule has 4 nitrogen and oxygen atoms in total. The zero-order valence-corrected chi connectivity index (χ0v) is 11.8. The first-order chi connectivity index (χ1) is 8.67. The topological polar surface area (TPSA) is 37.4 Å². The minimum atomic E-state index is 0.656. The summed E-state index contributed by atoms with van der Waals surface area (Å²) < 4.78 is 5.46. The Bertz CT molecular complexity index is 416. The van der Waals surface area contributed by atoms with Crippen LogP contribution in [-0.2, 0) is 6.54 Å². The number of ether oxygens (including phenoxy) is 1. The summed E-state index contributed by atoms with van der Waals surface area (Å²) >= 11 is 0. The van der Waals surface area contributed by atoms with E-state index in [2.05, 4.69) is 29.0 Å². The number of pyridine rings is 1. The third kappa shape index (κ3) is 2.49. The van der Waals surface area contributed by atoms with E-state index in [4.69, 9.17) is 4.74 Å². The van der Waals surface area contributed by atoms with Gasteiger partial charge in [0, 0.05) is 43.0 Å². The van der Waals surface area contributed by atoms with E-state index in [1.807, 2.05) is 13.1 Å². The average Bonchev–Trinajstić information content (AvgIpc) is 2.29. The summed E-state index contributed by atoms with van der Waals surface area (Å²) in [5, 5.41) is 3.32. The zero-order valence-electron chi connectivity index (χ0n) is 11.8. The van der Waals surface area contributed by atoms with Gasteiger partial charge in [-0.3, -0.25) is 9.88 Å². The van der Waals surface area contributed by atoms with Gasteiger partial charge in [0.05, 0.1) is 12.8 Å². The molecular formula is C14H23N3O. The monoisotopic (exact) mass is 249 g/mol. The molecule has 1 saturated heterocycles. The van der Waals surface area contributed by atoms with E-state index in [-0.39, 0.29) is 0 Å². The molecule has 0 amide bonds. The van der Waals surface area contributed by atoms with Crippen molar-refractivity contribution in [2.75, 3.05) is 26.7 Å². The summed E-state index contributed by atoms with van der Waals surface area (Å²) in [4.78, 5) is 7.05. The summed E-state index contributed by atoms with van der Waals surface area (Å²) in [5.74, 6) is 0.975. The number of aryl methyl sites for hydroxylation is 1. The number of likely N-dealkylation sites (N-methyl/N-ethyl adjacent to an activating group) is 1. The smallest absolute Gasteiger partial charge is 0.128 e. The van der Waals surface area contributed by atoms with E-state index >= 15 is 0 Å². The lowest BCUT2D eigenvalue weighted by atomic mass is 10.1. The van der Waals surface area contributed by atoms with Crippen molar-refractivity contribution in [1.82, 2.24) is 15.2 Å². The molecule has 0 saturated carbocycles. The molecule has 0 aliphatic carbocycles. The molecule has 2 heterocycles. The van der Waals surface area contributed by atoms with Crippen LogP contribution in [0.5, 0.6) is 5.75 Å². The van der Waals surface area contributed by atoms with Gasteiger partial charge in [-0.15, -0.1) is 0 Å². The first kappa shape index (κ1) is 13.3. The Morgan fingerprint density at radius 2 is 2.17 bits per heavy atom. The third-order valence-electron chi connectivity index (χ3n) is 3.79. The molecule has 1 aromatic rings. The molecule has 1 aliphatic rings. The fourth-order valence-electron chi connectivity index (χ4n) is 2.45. The minimum absolute atomic E-state index is 0.656. The van der Waals surface area contributed by atoms with Gasteiger partial charge in [0.1, 0.15) is 5.75 Å². The van der Waals surface area contributed by atoms with Gasteiger partial charge in [0.2, 0.25) is 0 Å². The first-order valence-corrected chi connectivity index (χ1v) is 6.61. The summed E-state index contributed by atoms with van der Waals surface area (Å²) in [5.41, 5.74) is 3.40. The van der Waals surface area contributed by atoms with Crippen molar-refractivity contribution in [3.63, 3.8) is 0 Å². The standard InChI is InChI=1S/C14H23N3O/c1-5-17(12-7-15-8-12)9-13-11(3)14(18-4)10(2)6-16-13/h6,12,15H,5,7-9H2,1-4H3. The number of nitrogens with one attached hydrogen (secondary N) is 1. The molecule has 100 valence electrons. The minimum Gasteiger partial charge on any atom is -0.496 e. The Morgan fingerprint density at radius 3 is 2.67 bits per heavy atom. The van der Waals surface area contributed by atoms with E-state index < -0.39 is 0 Å². The highest BCUT2D eigenvalue weighted by Crippen LogP contribution is 2.25. The number of hydrogen-bond acceptors (Lipinski definition) is 4. The van der Waals surface area contributed by atoms with Crippen molar-refractivity contribution in [3.05, 3.63) is 23.0 Å². The van der Waals surface area contributed by atoms with Crippen molar-refractivity contribution >= 4 is 0 Å². The van der Waals surface area contributed by atoms with Gasteiger partial charge in [0.25, 0.3) is 0 Å². The lowest BCUT2D eigenvalue weighted by Crippen LogP contribution is -2.56. The zero-order chi connectivity index (χ0) is 13.1. The molecule has 0 atom stereocenters. The second-order valence-electron chi connectivity index (χ2n) is 4.92. The van der Waals surface area contributed by atoms with Crippen LogP contribution in [-0.4, -0.2) is 42.7 Å². The van der Waals surface area contributed by atoms with Crippen LogP contribution in [0.1, 0.15) is 23.7 Å². The average molecular weight is 249 g/mol. The maximum atomic E-state index is 5.46. The molecule has 2 rings (SSSR count). The Balaban J connectivity index is 2.17. The van der Waals surface area contributed by atoms with Crippen LogP contribution in [0.15, 0.2) is 6.20 Å². The SMILES string of the molecule is CCN(Cc1ncc(C)c(OC)c1C)C1CNC1. The van der Waals surface area contributed by atoms with Gasteiger partial charge in [-0.2, -0.15) is 0 Å². The van der Waals surface area contributed by atoms with Gasteiger partial charge < -0.3 is 10.1 Å². The van der Waals surface area contributed by atoms with Gasteiger partial charge >= 0.3 is 0 Å². The Labute approximate surface area is 109 Å². The van der Waals surface area contributed by atoms with Crippen LogP contribution in [0.3, 0.4) is 0 Å². The van der Waals surface area contributed by atoms with Crippen LogP contribution in [0.2, 0.25) is 0 Å². The molecule has 1 aliphatic heterocycles. The van der Waals surface area contributed by atoms with Crippen molar-refractivity contribution in [3.8, 4) is 5.75 Å². The van der Waals surface area contributed by atoms with Crippen molar-refractivity contribution in [1.29, 1.82) is 0 Å². The fraction of sp³-hybridized carbons (Fsp3) is 0.643. The first-order valence-electron chi connectivity index (χ1n) is 6.61. The maximum Gasteiger partial charge on any atom is 0.128 e. The maximum absolute atomic E-state index is 5.46. The largest absolute Gasteiger partial charge is 0.496 e. The van der Waals surface area contributed by atoms with Gasteiger partial charge in [-0.05, 0) is 20.4 Å². The lowest BCUT2D eigenvalue weighted by Gasteiger charge is -2.37. The number of hydrogen-bond donors (Lipinski definition) is 1. The van der Waals surface area contributed by atoms with Crippen LogP contribution in [0.25, 0.3) is 0 Å². The van der Waals surface area contributed by atoms with E-state index in [0.29, 0.717) is 6.04 Å². The van der Waals surface area contributed by atoms with Gasteiger partial charge in [-0.1, -0.05) is 6.92 Å². The fourth-order valence-corrected chi connectivity index (χ4v) is 2.45.